The summed E-state index contributed by atoms with van der Waals surface area (Å²) >= 11 is 2.87. The van der Waals surface area contributed by atoms with Crippen LogP contribution in [0.2, 0.25) is 0 Å². The lowest BCUT2D eigenvalue weighted by atomic mass is 10.1. The molecule has 10 heteroatoms. The normalized spacial score (nSPS) is 14.1. The Morgan fingerprint density at radius 1 is 1.20 bits per heavy atom. The van der Waals surface area contributed by atoms with E-state index in [4.69, 9.17) is 4.74 Å². The second-order valence-electron chi connectivity index (χ2n) is 7.07. The fourth-order valence-corrected chi connectivity index (χ4v) is 4.78. The minimum Gasteiger partial charge on any atom is -0.493 e. The number of carbonyl (C=O) groups is 2. The van der Waals surface area contributed by atoms with Crippen LogP contribution >= 0.6 is 23.1 Å². The maximum absolute atomic E-state index is 12.9. The third-order valence-corrected chi connectivity index (χ3v) is 6.54. The second-order valence-corrected chi connectivity index (χ2v) is 9.25. The Bertz CT molecular complexity index is 866. The predicted octanol–water partition coefficient (Wildman–Crippen LogP) is 2.52. The number of carbonyl (C=O) groups excluding carboxylic acids is 2. The van der Waals surface area contributed by atoms with Gasteiger partial charge in [0.25, 0.3) is 5.91 Å². The highest BCUT2D eigenvalue weighted by Crippen LogP contribution is 2.29. The third-order valence-electron chi connectivity index (χ3n) is 4.43. The molecule has 2 aromatic rings. The predicted molar refractivity (Wildman–Crippen MR) is 120 cm³/mol. The van der Waals surface area contributed by atoms with E-state index in [0.29, 0.717) is 49.9 Å². The molecular weight excluding hydrogens is 422 g/mol. The number of anilines is 1. The van der Waals surface area contributed by atoms with Gasteiger partial charge in [0, 0.05) is 32.2 Å². The van der Waals surface area contributed by atoms with Crippen LogP contribution in [0.3, 0.4) is 0 Å². The van der Waals surface area contributed by atoms with E-state index in [1.54, 1.807) is 0 Å². The Morgan fingerprint density at radius 3 is 2.63 bits per heavy atom. The van der Waals surface area contributed by atoms with Gasteiger partial charge in [-0.25, -0.2) is 0 Å². The van der Waals surface area contributed by atoms with Gasteiger partial charge < -0.3 is 19.9 Å². The molecule has 1 aliphatic heterocycles. The highest BCUT2D eigenvalue weighted by molar-refractivity contribution is 8.01. The zero-order valence-corrected chi connectivity index (χ0v) is 19.1. The monoisotopic (exact) mass is 449 g/mol. The van der Waals surface area contributed by atoms with Gasteiger partial charge in [-0.05, 0) is 32.9 Å². The van der Waals surface area contributed by atoms with Gasteiger partial charge in [0.15, 0.2) is 4.34 Å². The van der Waals surface area contributed by atoms with E-state index < -0.39 is 0 Å². The van der Waals surface area contributed by atoms with Crippen LogP contribution in [0.1, 0.15) is 31.1 Å². The first kappa shape index (κ1) is 22.4. The molecule has 1 N–H and O–H groups in total. The molecule has 0 aliphatic carbocycles. The van der Waals surface area contributed by atoms with Crippen LogP contribution in [0, 0.1) is 0 Å². The minimum atomic E-state index is -0.0108. The molecule has 162 valence electrons. The number of nitrogens with zero attached hydrogens (tertiary/aromatic N) is 4. The zero-order chi connectivity index (χ0) is 21.5. The van der Waals surface area contributed by atoms with Crippen molar-refractivity contribution in [2.75, 3.05) is 43.4 Å². The fraction of sp³-hybridized carbons (Fsp3) is 0.500. The maximum atomic E-state index is 12.9. The summed E-state index contributed by atoms with van der Waals surface area (Å²) in [5, 5.41) is 12.1. The van der Waals surface area contributed by atoms with Crippen molar-refractivity contribution in [3.05, 3.63) is 29.8 Å². The van der Waals surface area contributed by atoms with Crippen molar-refractivity contribution >= 4 is 40.0 Å². The highest BCUT2D eigenvalue weighted by atomic mass is 32.2. The Kier molecular flexibility index (Phi) is 7.92. The lowest BCUT2D eigenvalue weighted by Crippen LogP contribution is -2.48. The van der Waals surface area contributed by atoms with Gasteiger partial charge in [-0.15, -0.1) is 10.2 Å². The molecule has 0 spiro atoms. The minimum absolute atomic E-state index is 0.00814. The van der Waals surface area contributed by atoms with Gasteiger partial charge in [-0.3, -0.25) is 9.59 Å². The topological polar surface area (TPSA) is 87.7 Å². The number of benzene rings is 1. The third kappa shape index (κ3) is 5.85. The van der Waals surface area contributed by atoms with Gasteiger partial charge in [0.05, 0.1) is 17.9 Å². The summed E-state index contributed by atoms with van der Waals surface area (Å²) in [6.45, 7) is 8.90. The van der Waals surface area contributed by atoms with Crippen LogP contribution in [0.4, 0.5) is 5.13 Å². The Labute approximate surface area is 185 Å². The van der Waals surface area contributed by atoms with Gasteiger partial charge in [0.1, 0.15) is 5.75 Å². The number of ether oxygens (including phenoxy) is 1. The molecule has 1 fully saturated rings. The first-order chi connectivity index (χ1) is 14.5. The van der Waals surface area contributed by atoms with Crippen LogP contribution in [0.25, 0.3) is 0 Å². The van der Waals surface area contributed by atoms with Crippen molar-refractivity contribution in [1.82, 2.24) is 20.4 Å². The van der Waals surface area contributed by atoms with Crippen LogP contribution in [-0.4, -0.2) is 71.5 Å². The van der Waals surface area contributed by atoms with Crippen molar-refractivity contribution in [2.24, 2.45) is 0 Å². The number of hydrogen-bond acceptors (Lipinski definition) is 8. The number of thioether (sulfide) groups is 1. The van der Waals surface area contributed by atoms with Crippen molar-refractivity contribution in [3.63, 3.8) is 0 Å². The number of piperazine rings is 1. The van der Waals surface area contributed by atoms with Crippen LogP contribution in [0.15, 0.2) is 28.6 Å². The number of aromatic nitrogens is 2. The smallest absolute Gasteiger partial charge is 0.257 e. The molecule has 1 aromatic heterocycles. The summed E-state index contributed by atoms with van der Waals surface area (Å²) in [5.74, 6) is 0.934. The first-order valence-corrected chi connectivity index (χ1v) is 11.8. The molecular formula is C20H27N5O3S2. The van der Waals surface area contributed by atoms with Gasteiger partial charge in [-0.1, -0.05) is 35.2 Å². The van der Waals surface area contributed by atoms with E-state index in [9.17, 15) is 9.59 Å². The average Bonchev–Trinajstić information content (AvgIpc) is 3.21. The number of hydrogen-bond donors (Lipinski definition) is 1. The molecule has 8 nitrogen and oxygen atoms in total. The van der Waals surface area contributed by atoms with Gasteiger partial charge >= 0.3 is 0 Å². The number of amides is 2. The molecule has 1 aromatic carbocycles. The lowest BCUT2D eigenvalue weighted by molar-refractivity contribution is -0.119. The molecule has 1 saturated heterocycles. The van der Waals surface area contributed by atoms with E-state index >= 15 is 0 Å². The van der Waals surface area contributed by atoms with E-state index in [1.807, 2.05) is 49.9 Å². The van der Waals surface area contributed by atoms with Crippen molar-refractivity contribution in [1.29, 1.82) is 0 Å². The lowest BCUT2D eigenvalue weighted by Gasteiger charge is -2.34. The standard InChI is InChI=1S/C20H27N5O3S2/c1-4-28-16-8-6-5-7-15(16)18(27)24-9-11-25(12-10-24)19-22-23-20(30-19)29-13-17(26)21-14(2)3/h5-8,14H,4,9-13H2,1-3H3,(H,21,26). The number of para-hydroxylation sites is 1. The molecule has 30 heavy (non-hydrogen) atoms. The van der Waals surface area contributed by atoms with E-state index in [0.717, 1.165) is 9.47 Å². The van der Waals surface area contributed by atoms with Crippen LogP contribution in [-0.2, 0) is 4.79 Å². The second kappa shape index (κ2) is 10.6. The Hall–Kier alpha value is -2.33. The molecule has 2 heterocycles. The first-order valence-electron chi connectivity index (χ1n) is 9.99. The number of nitrogens with one attached hydrogen (secondary N) is 1. The van der Waals surface area contributed by atoms with Crippen molar-refractivity contribution < 1.29 is 14.3 Å². The Balaban J connectivity index is 1.53. The van der Waals surface area contributed by atoms with E-state index in [2.05, 4.69) is 20.4 Å². The molecule has 0 saturated carbocycles. The largest absolute Gasteiger partial charge is 0.493 e. The zero-order valence-electron chi connectivity index (χ0n) is 17.5. The summed E-state index contributed by atoms with van der Waals surface area (Å²) in [4.78, 5) is 28.7. The maximum Gasteiger partial charge on any atom is 0.257 e. The molecule has 1 aliphatic rings. The number of rotatable bonds is 8. The summed E-state index contributed by atoms with van der Waals surface area (Å²) in [5.41, 5.74) is 0.599. The summed E-state index contributed by atoms with van der Waals surface area (Å²) in [7, 11) is 0. The average molecular weight is 450 g/mol. The molecule has 3 rings (SSSR count). The molecule has 0 bridgehead atoms. The fourth-order valence-electron chi connectivity index (χ4n) is 3.08. The quantitative estimate of drug-likeness (QED) is 0.620. The van der Waals surface area contributed by atoms with E-state index in [-0.39, 0.29) is 17.9 Å². The SMILES string of the molecule is CCOc1ccccc1C(=O)N1CCN(c2nnc(SCC(=O)NC(C)C)s2)CC1. The van der Waals surface area contributed by atoms with Crippen LogP contribution < -0.4 is 15.0 Å². The van der Waals surface area contributed by atoms with Gasteiger partial charge in [0.2, 0.25) is 11.0 Å². The molecule has 0 atom stereocenters. The summed E-state index contributed by atoms with van der Waals surface area (Å²) < 4.78 is 6.37. The summed E-state index contributed by atoms with van der Waals surface area (Å²) in [6.07, 6.45) is 0. The highest BCUT2D eigenvalue weighted by Gasteiger charge is 2.26. The van der Waals surface area contributed by atoms with Crippen LogP contribution in [0.5, 0.6) is 5.75 Å². The van der Waals surface area contributed by atoms with Crippen molar-refractivity contribution in [2.45, 2.75) is 31.2 Å². The summed E-state index contributed by atoms with van der Waals surface area (Å²) in [6, 6.07) is 7.49. The molecule has 2 amide bonds. The Morgan fingerprint density at radius 2 is 1.93 bits per heavy atom. The van der Waals surface area contributed by atoms with Crippen molar-refractivity contribution in [3.8, 4) is 5.75 Å². The van der Waals surface area contributed by atoms with E-state index in [1.165, 1.54) is 23.1 Å². The van der Waals surface area contributed by atoms with Gasteiger partial charge in [-0.2, -0.15) is 0 Å². The molecule has 0 radical (unpaired) electrons. The molecule has 0 unspecified atom stereocenters.